The van der Waals surface area contributed by atoms with E-state index in [-0.39, 0.29) is 18.2 Å². The first-order valence-electron chi connectivity index (χ1n) is 6.74. The Bertz CT molecular complexity index is 541. The number of aromatic nitrogens is 2. The number of rotatable bonds is 6. The van der Waals surface area contributed by atoms with Crippen LogP contribution in [0.4, 0.5) is 4.39 Å². The summed E-state index contributed by atoms with van der Waals surface area (Å²) in [6.45, 7) is 4.21. The largest absolute Gasteiger partial charge is 0.329 e. The Morgan fingerprint density at radius 3 is 2.57 bits per heavy atom. The standard InChI is InChI=1S/C15H21FN4.ClH/c1-12(7-17)19(2)9-14-8-18-20(11-14)10-13-3-5-15(16)6-4-13;/h3-6,8,11-12H,7,9-10,17H2,1-2H3;1H. The van der Waals surface area contributed by atoms with E-state index in [1.54, 1.807) is 12.1 Å². The number of nitrogens with zero attached hydrogens (tertiary/aromatic N) is 3. The van der Waals surface area contributed by atoms with Crippen LogP contribution in [0.3, 0.4) is 0 Å². The minimum absolute atomic E-state index is 0. The maximum absolute atomic E-state index is 12.8. The fraction of sp³-hybridized carbons (Fsp3) is 0.400. The van der Waals surface area contributed by atoms with Gasteiger partial charge in [0.1, 0.15) is 5.82 Å². The summed E-state index contributed by atoms with van der Waals surface area (Å²) >= 11 is 0. The average molecular weight is 313 g/mol. The molecule has 1 atom stereocenters. The zero-order valence-electron chi connectivity index (χ0n) is 12.4. The quantitative estimate of drug-likeness (QED) is 0.890. The van der Waals surface area contributed by atoms with Crippen LogP contribution in [0.15, 0.2) is 36.7 Å². The summed E-state index contributed by atoms with van der Waals surface area (Å²) < 4.78 is 14.7. The molecule has 2 N–H and O–H groups in total. The van der Waals surface area contributed by atoms with Crippen LogP contribution in [0.2, 0.25) is 0 Å². The van der Waals surface area contributed by atoms with Gasteiger partial charge < -0.3 is 5.73 Å². The lowest BCUT2D eigenvalue weighted by atomic mass is 10.2. The molecule has 2 rings (SSSR count). The summed E-state index contributed by atoms with van der Waals surface area (Å²) in [5, 5.41) is 4.34. The third-order valence-electron chi connectivity index (χ3n) is 3.47. The second-order valence-corrected chi connectivity index (χ2v) is 5.17. The van der Waals surface area contributed by atoms with Crippen LogP contribution in [0, 0.1) is 5.82 Å². The minimum Gasteiger partial charge on any atom is -0.329 e. The lowest BCUT2D eigenvalue weighted by molar-refractivity contribution is 0.255. The van der Waals surface area contributed by atoms with Crippen molar-refractivity contribution in [3.63, 3.8) is 0 Å². The lowest BCUT2D eigenvalue weighted by Gasteiger charge is -2.22. The molecule has 1 aromatic carbocycles. The monoisotopic (exact) mass is 312 g/mol. The molecule has 0 amide bonds. The van der Waals surface area contributed by atoms with Crippen molar-refractivity contribution in [2.75, 3.05) is 13.6 Å². The first-order valence-corrected chi connectivity index (χ1v) is 6.74. The Morgan fingerprint density at radius 2 is 1.95 bits per heavy atom. The normalized spacial score (nSPS) is 12.2. The van der Waals surface area contributed by atoms with Crippen molar-refractivity contribution in [2.24, 2.45) is 5.73 Å². The van der Waals surface area contributed by atoms with E-state index in [1.165, 1.54) is 12.1 Å². The second kappa shape index (κ2) is 8.12. The molecule has 21 heavy (non-hydrogen) atoms. The van der Waals surface area contributed by atoms with Crippen molar-refractivity contribution in [3.05, 3.63) is 53.6 Å². The van der Waals surface area contributed by atoms with Crippen LogP contribution < -0.4 is 5.73 Å². The minimum atomic E-state index is -0.215. The maximum Gasteiger partial charge on any atom is 0.123 e. The van der Waals surface area contributed by atoms with E-state index >= 15 is 0 Å². The van der Waals surface area contributed by atoms with Crippen molar-refractivity contribution in [1.82, 2.24) is 14.7 Å². The first-order chi connectivity index (χ1) is 9.58. The van der Waals surface area contributed by atoms with Gasteiger partial charge in [-0.05, 0) is 31.7 Å². The molecule has 1 unspecified atom stereocenters. The van der Waals surface area contributed by atoms with E-state index in [4.69, 9.17) is 5.73 Å². The van der Waals surface area contributed by atoms with E-state index in [0.29, 0.717) is 19.1 Å². The summed E-state index contributed by atoms with van der Waals surface area (Å²) in [6.07, 6.45) is 3.88. The highest BCUT2D eigenvalue weighted by Crippen LogP contribution is 2.08. The molecule has 0 aliphatic heterocycles. The molecule has 2 aromatic rings. The van der Waals surface area contributed by atoms with Crippen LogP contribution in [-0.4, -0.2) is 34.3 Å². The molecule has 0 spiro atoms. The maximum atomic E-state index is 12.8. The van der Waals surface area contributed by atoms with Crippen LogP contribution >= 0.6 is 12.4 Å². The average Bonchev–Trinajstić information content (AvgIpc) is 2.87. The van der Waals surface area contributed by atoms with Crippen molar-refractivity contribution >= 4 is 12.4 Å². The highest BCUT2D eigenvalue weighted by Gasteiger charge is 2.09. The molecule has 1 heterocycles. The molecule has 0 saturated carbocycles. The Morgan fingerprint density at radius 1 is 1.29 bits per heavy atom. The molecule has 116 valence electrons. The van der Waals surface area contributed by atoms with Crippen LogP contribution in [0.25, 0.3) is 0 Å². The van der Waals surface area contributed by atoms with Gasteiger partial charge in [0.05, 0.1) is 12.7 Å². The number of benzene rings is 1. The molecule has 0 aliphatic rings. The Kier molecular flexibility index (Phi) is 6.81. The number of halogens is 2. The zero-order chi connectivity index (χ0) is 14.5. The molecule has 1 aromatic heterocycles. The van der Waals surface area contributed by atoms with Gasteiger partial charge in [0.25, 0.3) is 0 Å². The Hall–Kier alpha value is -1.43. The van der Waals surface area contributed by atoms with Gasteiger partial charge >= 0.3 is 0 Å². The summed E-state index contributed by atoms with van der Waals surface area (Å²) in [7, 11) is 2.05. The second-order valence-electron chi connectivity index (χ2n) is 5.17. The van der Waals surface area contributed by atoms with Gasteiger partial charge in [-0.3, -0.25) is 9.58 Å². The third kappa shape index (κ3) is 5.12. The van der Waals surface area contributed by atoms with Crippen LogP contribution in [0.5, 0.6) is 0 Å². The molecule has 0 saturated heterocycles. The number of hydrogen-bond acceptors (Lipinski definition) is 3. The van der Waals surface area contributed by atoms with Crippen molar-refractivity contribution < 1.29 is 4.39 Å². The van der Waals surface area contributed by atoms with Crippen molar-refractivity contribution in [3.8, 4) is 0 Å². The molecule has 0 fully saturated rings. The van der Waals surface area contributed by atoms with Gasteiger partial charge in [0, 0.05) is 30.9 Å². The molecular formula is C15H22ClFN4. The van der Waals surface area contributed by atoms with Crippen molar-refractivity contribution in [1.29, 1.82) is 0 Å². The van der Waals surface area contributed by atoms with E-state index in [2.05, 4.69) is 24.0 Å². The molecular weight excluding hydrogens is 291 g/mol. The highest BCUT2D eigenvalue weighted by atomic mass is 35.5. The molecule has 0 aliphatic carbocycles. The fourth-order valence-corrected chi connectivity index (χ4v) is 1.98. The molecule has 0 bridgehead atoms. The van der Waals surface area contributed by atoms with E-state index in [1.807, 2.05) is 17.1 Å². The highest BCUT2D eigenvalue weighted by molar-refractivity contribution is 5.85. The zero-order valence-corrected chi connectivity index (χ0v) is 13.2. The van der Waals surface area contributed by atoms with Gasteiger partial charge in [-0.15, -0.1) is 12.4 Å². The topological polar surface area (TPSA) is 47.1 Å². The predicted molar refractivity (Wildman–Crippen MR) is 85.0 cm³/mol. The predicted octanol–water partition coefficient (Wildman–Crippen LogP) is 2.27. The van der Waals surface area contributed by atoms with Crippen LogP contribution in [-0.2, 0) is 13.1 Å². The van der Waals surface area contributed by atoms with Crippen LogP contribution in [0.1, 0.15) is 18.1 Å². The van der Waals surface area contributed by atoms with E-state index in [0.717, 1.165) is 17.7 Å². The summed E-state index contributed by atoms with van der Waals surface area (Å²) in [4.78, 5) is 2.19. The summed E-state index contributed by atoms with van der Waals surface area (Å²) in [6, 6.07) is 6.83. The fourth-order valence-electron chi connectivity index (χ4n) is 1.98. The first kappa shape index (κ1) is 17.6. The van der Waals surface area contributed by atoms with Gasteiger partial charge in [-0.2, -0.15) is 5.10 Å². The lowest BCUT2D eigenvalue weighted by Crippen LogP contribution is -2.34. The summed E-state index contributed by atoms with van der Waals surface area (Å²) in [5.74, 6) is -0.215. The Labute approximate surface area is 131 Å². The molecule has 6 heteroatoms. The molecule has 0 radical (unpaired) electrons. The SMILES string of the molecule is CC(CN)N(C)Cc1cnn(Cc2ccc(F)cc2)c1.Cl. The number of nitrogens with two attached hydrogens (primary N) is 1. The van der Waals surface area contributed by atoms with Gasteiger partial charge in [-0.25, -0.2) is 4.39 Å². The number of hydrogen-bond donors (Lipinski definition) is 1. The van der Waals surface area contributed by atoms with Gasteiger partial charge in [-0.1, -0.05) is 12.1 Å². The summed E-state index contributed by atoms with van der Waals surface area (Å²) in [5.41, 5.74) is 7.83. The van der Waals surface area contributed by atoms with E-state index < -0.39 is 0 Å². The van der Waals surface area contributed by atoms with Crippen molar-refractivity contribution in [2.45, 2.75) is 26.1 Å². The Balaban J connectivity index is 0.00000220. The molecule has 4 nitrogen and oxygen atoms in total. The van der Waals surface area contributed by atoms with Gasteiger partial charge in [0.2, 0.25) is 0 Å². The smallest absolute Gasteiger partial charge is 0.123 e. The number of likely N-dealkylation sites (N-methyl/N-ethyl adjacent to an activating group) is 1. The third-order valence-corrected chi connectivity index (χ3v) is 3.47. The van der Waals surface area contributed by atoms with E-state index in [9.17, 15) is 4.39 Å². The van der Waals surface area contributed by atoms with Gasteiger partial charge in [0.15, 0.2) is 0 Å².